The predicted octanol–water partition coefficient (Wildman–Crippen LogP) is 8.24. The molecule has 8 saturated carbocycles. The van der Waals surface area contributed by atoms with Gasteiger partial charge in [-0.3, -0.25) is 9.59 Å². The second-order valence-electron chi connectivity index (χ2n) is 23.3. The number of carbonyl (C=O) groups excluding carboxylic acids is 2. The van der Waals surface area contributed by atoms with Gasteiger partial charge in [0.15, 0.2) is 11.6 Å². The van der Waals surface area contributed by atoms with Crippen LogP contribution in [0.15, 0.2) is 12.4 Å². The number of fused-ring (bicyclic) bond motifs is 10. The fourth-order valence-corrected chi connectivity index (χ4v) is 17.8. The number of methoxy groups -OCH3 is 2. The molecule has 2 N–H and O–H groups in total. The Hall–Kier alpha value is -1.48. The molecule has 4 unspecified atom stereocenters. The summed E-state index contributed by atoms with van der Waals surface area (Å²) < 4.78 is 10.9. The third kappa shape index (κ3) is 6.55. The Kier molecular flexibility index (Phi) is 10.5. The summed E-state index contributed by atoms with van der Waals surface area (Å²) in [6, 6.07) is 0. The average Bonchev–Trinajstić information content (AvgIpc) is 3.87. The summed E-state index contributed by atoms with van der Waals surface area (Å²) in [5.74, 6) is 6.26. The van der Waals surface area contributed by atoms with E-state index in [2.05, 4.69) is 49.9 Å². The Labute approximate surface area is 344 Å². The van der Waals surface area contributed by atoms with Crippen LogP contribution in [0, 0.1) is 80.8 Å². The second-order valence-corrected chi connectivity index (χ2v) is 23.3. The van der Waals surface area contributed by atoms with Crippen LogP contribution in [0.4, 0.5) is 0 Å². The summed E-state index contributed by atoms with van der Waals surface area (Å²) >= 11 is 0. The van der Waals surface area contributed by atoms with Crippen LogP contribution in [-0.4, -0.2) is 90.0 Å². The minimum atomic E-state index is -0.668. The molecule has 0 amide bonds. The van der Waals surface area contributed by atoms with Crippen molar-refractivity contribution in [3.05, 3.63) is 12.4 Å². The van der Waals surface area contributed by atoms with Crippen LogP contribution in [0.3, 0.4) is 0 Å². The molecule has 9 rings (SSSR count). The highest BCUT2D eigenvalue weighted by Crippen LogP contribution is 2.70. The smallest absolute Gasteiger partial charge is 0.155 e. The minimum Gasteiger partial charge on any atom is -0.387 e. The predicted molar refractivity (Wildman–Crippen MR) is 222 cm³/mol. The first kappa shape index (κ1) is 40.9. The van der Waals surface area contributed by atoms with E-state index >= 15 is 0 Å². The number of ketones is 2. The first-order valence-corrected chi connectivity index (χ1v) is 23.7. The lowest BCUT2D eigenvalue weighted by Gasteiger charge is -2.62. The van der Waals surface area contributed by atoms with E-state index in [0.717, 1.165) is 64.2 Å². The maximum Gasteiger partial charge on any atom is 0.155 e. The van der Waals surface area contributed by atoms with E-state index in [-0.39, 0.29) is 33.5 Å². The molecular formula is C49H78N2O6. The molecule has 8 nitrogen and oxygen atoms in total. The molecular weight excluding hydrogens is 713 g/mol. The maximum atomic E-state index is 14.3. The van der Waals surface area contributed by atoms with Gasteiger partial charge in [-0.25, -0.2) is 0 Å². The van der Waals surface area contributed by atoms with E-state index in [9.17, 15) is 19.8 Å². The first-order valence-electron chi connectivity index (χ1n) is 23.7. The molecule has 1 aliphatic heterocycles. The Balaban J connectivity index is 0.780. The Morgan fingerprint density at radius 1 is 0.544 bits per heavy atom. The van der Waals surface area contributed by atoms with Crippen molar-refractivity contribution in [2.24, 2.45) is 80.8 Å². The van der Waals surface area contributed by atoms with E-state index in [1.165, 1.54) is 51.4 Å². The van der Waals surface area contributed by atoms with Crippen LogP contribution in [0.1, 0.15) is 143 Å². The van der Waals surface area contributed by atoms with Gasteiger partial charge in [-0.05, 0) is 185 Å². The van der Waals surface area contributed by atoms with E-state index in [1.807, 2.05) is 0 Å². The second kappa shape index (κ2) is 14.6. The summed E-state index contributed by atoms with van der Waals surface area (Å²) in [7, 11) is 3.42. The van der Waals surface area contributed by atoms with E-state index < -0.39 is 11.2 Å². The van der Waals surface area contributed by atoms with Gasteiger partial charge in [-0.1, -0.05) is 27.7 Å². The highest BCUT2D eigenvalue weighted by molar-refractivity contribution is 5.85. The first-order chi connectivity index (χ1) is 27.1. The number of nitrogens with zero attached hydrogens (tertiary/aromatic N) is 2. The molecule has 0 bridgehead atoms. The van der Waals surface area contributed by atoms with Crippen LogP contribution in [0.5, 0.6) is 0 Å². The molecule has 0 spiro atoms. The van der Waals surface area contributed by atoms with Crippen LogP contribution in [0.25, 0.3) is 0 Å². The largest absolute Gasteiger partial charge is 0.387 e. The van der Waals surface area contributed by atoms with Gasteiger partial charge in [0.2, 0.25) is 0 Å². The number of hydrogen-bond acceptors (Lipinski definition) is 8. The molecule has 9 aliphatic rings. The van der Waals surface area contributed by atoms with Crippen molar-refractivity contribution in [3.8, 4) is 0 Å². The van der Waals surface area contributed by atoms with Gasteiger partial charge < -0.3 is 29.5 Å². The summed E-state index contributed by atoms with van der Waals surface area (Å²) in [6.45, 7) is 12.5. The summed E-state index contributed by atoms with van der Waals surface area (Å²) in [4.78, 5) is 32.9. The lowest BCUT2D eigenvalue weighted by molar-refractivity contribution is -0.164. The molecule has 0 aromatic heterocycles. The lowest BCUT2D eigenvalue weighted by Crippen LogP contribution is -2.57. The molecule has 320 valence electrons. The van der Waals surface area contributed by atoms with E-state index in [4.69, 9.17) is 9.47 Å². The van der Waals surface area contributed by atoms with Crippen LogP contribution in [0.2, 0.25) is 0 Å². The monoisotopic (exact) mass is 791 g/mol. The van der Waals surface area contributed by atoms with E-state index in [0.29, 0.717) is 91.9 Å². The standard InChI is InChI=1S/C49H78N2O6/c1-44-19-21-48(54,29-56-5)25-32(44)7-9-34-36-11-13-40(46(36,3)17-15-38(34)44)42(52)27-50-23-24-51(31-50)28-43(53)41-14-12-37-35-10-8-33-26-49(55,30-57-6)22-20-45(33,2)39(35)16-18-47(37,41)4/h23-24,32-41,54-55H,7-22,25-31H2,1-6H3/t32?,33?,34-,35-,36-,37-,38-,39-,40+,41+,44-,45-,46-,47-,48?,49?/m0/s1. The Morgan fingerprint density at radius 2 is 0.947 bits per heavy atom. The third-order valence-corrected chi connectivity index (χ3v) is 20.8. The molecule has 57 heavy (non-hydrogen) atoms. The summed E-state index contributed by atoms with van der Waals surface area (Å²) in [5.41, 5.74) is -0.591. The zero-order chi connectivity index (χ0) is 40.2. The van der Waals surface area contributed by atoms with Crippen LogP contribution >= 0.6 is 0 Å². The molecule has 0 radical (unpaired) electrons. The molecule has 1 heterocycles. The quantitative estimate of drug-likeness (QED) is 0.229. The molecule has 8 fully saturated rings. The number of ether oxygens (including phenoxy) is 2. The van der Waals surface area contributed by atoms with Gasteiger partial charge in [0, 0.05) is 38.5 Å². The van der Waals surface area contributed by atoms with Crippen molar-refractivity contribution >= 4 is 11.6 Å². The van der Waals surface area contributed by atoms with Crippen molar-refractivity contribution in [1.82, 2.24) is 9.80 Å². The molecule has 0 aromatic carbocycles. The normalized spacial score (nSPS) is 51.4. The van der Waals surface area contributed by atoms with Gasteiger partial charge in [-0.2, -0.15) is 0 Å². The highest BCUT2D eigenvalue weighted by Gasteiger charge is 2.64. The molecule has 0 aromatic rings. The highest BCUT2D eigenvalue weighted by atomic mass is 16.5. The number of rotatable bonds is 10. The number of hydrogen-bond donors (Lipinski definition) is 2. The molecule has 8 aliphatic carbocycles. The summed E-state index contributed by atoms with van der Waals surface area (Å²) in [6.07, 6.45) is 23.8. The molecule has 8 heteroatoms. The Bertz CT molecular complexity index is 1470. The van der Waals surface area contributed by atoms with Crippen LogP contribution in [-0.2, 0) is 19.1 Å². The molecule has 0 saturated heterocycles. The van der Waals surface area contributed by atoms with Gasteiger partial charge in [0.25, 0.3) is 0 Å². The lowest BCUT2D eigenvalue weighted by atomic mass is 9.44. The van der Waals surface area contributed by atoms with Crippen molar-refractivity contribution in [2.75, 3.05) is 47.2 Å². The van der Waals surface area contributed by atoms with Crippen molar-refractivity contribution in [3.63, 3.8) is 0 Å². The van der Waals surface area contributed by atoms with Gasteiger partial charge in [0.05, 0.1) is 44.2 Å². The van der Waals surface area contributed by atoms with Gasteiger partial charge in [0.1, 0.15) is 0 Å². The number of Topliss-reactive ketones (excluding diaryl/α,β-unsaturated/α-hetero) is 2. The SMILES string of the molecule is COCC1(O)CC[C@@]2(C)C(CC[C@H]3[C@@H]4CC[C@H](C(=O)CN5C=CN(CC(=O)[C@H]6CC[C@H]7[C@@H]8CCC9CC(O)(COC)CC[C@]9(C)[C@H]8CC[C@]67C)C5)[C@@]4(C)CC[C@@H]32)C1. The van der Waals surface area contributed by atoms with Crippen molar-refractivity contribution in [2.45, 2.75) is 154 Å². The minimum absolute atomic E-state index is 0.0839. The zero-order valence-electron chi connectivity index (χ0n) is 36.6. The van der Waals surface area contributed by atoms with Crippen molar-refractivity contribution in [1.29, 1.82) is 0 Å². The van der Waals surface area contributed by atoms with Crippen LogP contribution < -0.4 is 0 Å². The van der Waals surface area contributed by atoms with E-state index in [1.54, 1.807) is 14.2 Å². The molecule has 16 atom stereocenters. The van der Waals surface area contributed by atoms with Gasteiger partial charge >= 0.3 is 0 Å². The Morgan fingerprint density at radius 3 is 1.35 bits per heavy atom. The maximum absolute atomic E-state index is 14.3. The number of aliphatic hydroxyl groups is 2. The fourth-order valence-electron chi connectivity index (χ4n) is 17.8. The van der Waals surface area contributed by atoms with Crippen molar-refractivity contribution < 1.29 is 29.3 Å². The third-order valence-electron chi connectivity index (χ3n) is 20.8. The topological polar surface area (TPSA) is 99.5 Å². The summed E-state index contributed by atoms with van der Waals surface area (Å²) in [5, 5.41) is 22.6. The number of carbonyl (C=O) groups is 2. The zero-order valence-corrected chi connectivity index (χ0v) is 36.6. The average molecular weight is 791 g/mol. The van der Waals surface area contributed by atoms with Gasteiger partial charge in [-0.15, -0.1) is 0 Å². The fraction of sp³-hybridized carbons (Fsp3) is 0.918.